The molecule has 0 bridgehead atoms. The molecule has 2 heterocycles. The number of morpholine rings is 1. The first kappa shape index (κ1) is 16.9. The van der Waals surface area contributed by atoms with Gasteiger partial charge in [-0.1, -0.05) is 18.2 Å². The molecule has 0 N–H and O–H groups in total. The van der Waals surface area contributed by atoms with E-state index in [0.29, 0.717) is 25.3 Å². The summed E-state index contributed by atoms with van der Waals surface area (Å²) < 4.78 is 41.5. The highest BCUT2D eigenvalue weighted by Crippen LogP contribution is 2.25. The summed E-state index contributed by atoms with van der Waals surface area (Å²) in [5.41, 5.74) is 1.60. The average molecular weight is 350 g/mol. The lowest BCUT2D eigenvalue weighted by atomic mass is 10.1. The lowest BCUT2D eigenvalue weighted by Crippen LogP contribution is -2.38. The molecule has 0 unspecified atom stereocenters. The van der Waals surface area contributed by atoms with Crippen molar-refractivity contribution in [2.45, 2.75) is 11.9 Å². The molecule has 1 atom stereocenters. The maximum absolute atomic E-state index is 13.0. The van der Waals surface area contributed by atoms with Gasteiger partial charge in [0.15, 0.2) is 9.84 Å². The highest BCUT2D eigenvalue weighted by Gasteiger charge is 2.23. The smallest absolute Gasteiger partial charge is 0.151 e. The van der Waals surface area contributed by atoms with Gasteiger partial charge in [-0.25, -0.2) is 17.8 Å². The molecular formula is C17H19FN2O3S. The van der Waals surface area contributed by atoms with E-state index < -0.39 is 9.84 Å². The number of pyridine rings is 1. The van der Waals surface area contributed by atoms with Gasteiger partial charge in [-0.05, 0) is 29.3 Å². The average Bonchev–Trinajstić information content (AvgIpc) is 2.55. The molecule has 1 saturated heterocycles. The Morgan fingerprint density at radius 2 is 2.00 bits per heavy atom. The van der Waals surface area contributed by atoms with E-state index in [9.17, 15) is 12.8 Å². The van der Waals surface area contributed by atoms with Crippen LogP contribution in [0.1, 0.15) is 17.2 Å². The van der Waals surface area contributed by atoms with Crippen molar-refractivity contribution in [3.8, 4) is 0 Å². The van der Waals surface area contributed by atoms with Gasteiger partial charge >= 0.3 is 0 Å². The zero-order valence-corrected chi connectivity index (χ0v) is 14.2. The van der Waals surface area contributed by atoms with E-state index in [1.54, 1.807) is 24.4 Å². The Balaban J connectivity index is 1.71. The fourth-order valence-electron chi connectivity index (χ4n) is 2.73. The normalized spacial score (nSPS) is 18.6. The molecule has 0 radical (unpaired) electrons. The summed E-state index contributed by atoms with van der Waals surface area (Å²) in [5.74, 6) is 0.499. The van der Waals surface area contributed by atoms with Crippen LogP contribution in [0.2, 0.25) is 0 Å². The molecule has 0 saturated carbocycles. The number of hydrogen-bond donors (Lipinski definition) is 0. The Labute approximate surface area is 141 Å². The molecule has 1 fully saturated rings. The van der Waals surface area contributed by atoms with Gasteiger partial charge in [0.1, 0.15) is 17.7 Å². The summed E-state index contributed by atoms with van der Waals surface area (Å²) in [6, 6.07) is 9.92. The molecule has 1 aromatic heterocycles. The van der Waals surface area contributed by atoms with E-state index in [1.165, 1.54) is 18.4 Å². The first-order valence-electron chi connectivity index (χ1n) is 7.65. The molecule has 0 spiro atoms. The maximum atomic E-state index is 13.0. The molecule has 2 aromatic rings. The first-order valence-corrected chi connectivity index (χ1v) is 9.71. The van der Waals surface area contributed by atoms with Crippen molar-refractivity contribution in [1.82, 2.24) is 4.98 Å². The van der Waals surface area contributed by atoms with Crippen molar-refractivity contribution >= 4 is 15.7 Å². The van der Waals surface area contributed by atoms with Crippen LogP contribution in [0, 0.1) is 5.82 Å². The summed E-state index contributed by atoms with van der Waals surface area (Å²) in [4.78, 5) is 6.46. The molecule has 24 heavy (non-hydrogen) atoms. The van der Waals surface area contributed by atoms with E-state index in [4.69, 9.17) is 4.74 Å². The number of nitrogens with zero attached hydrogens (tertiary/aromatic N) is 2. The highest BCUT2D eigenvalue weighted by molar-refractivity contribution is 7.89. The Morgan fingerprint density at radius 3 is 2.62 bits per heavy atom. The molecule has 1 aliphatic heterocycles. The van der Waals surface area contributed by atoms with E-state index in [-0.39, 0.29) is 17.7 Å². The van der Waals surface area contributed by atoms with E-state index in [0.717, 1.165) is 11.4 Å². The lowest BCUT2D eigenvalue weighted by Gasteiger charge is -2.34. The largest absolute Gasteiger partial charge is 0.370 e. The Bertz CT molecular complexity index is 792. The van der Waals surface area contributed by atoms with Crippen LogP contribution in [-0.4, -0.2) is 39.4 Å². The number of anilines is 1. The van der Waals surface area contributed by atoms with E-state index in [1.807, 2.05) is 6.07 Å². The van der Waals surface area contributed by atoms with Crippen molar-refractivity contribution < 1.29 is 17.5 Å². The predicted octanol–water partition coefficient (Wildman–Crippen LogP) is 2.34. The van der Waals surface area contributed by atoms with Gasteiger partial charge < -0.3 is 9.64 Å². The minimum absolute atomic E-state index is 0.0123. The fourth-order valence-corrected chi connectivity index (χ4v) is 3.50. The molecular weight excluding hydrogens is 331 g/mol. The second kappa shape index (κ2) is 6.86. The monoisotopic (exact) mass is 350 g/mol. The zero-order chi connectivity index (χ0) is 17.2. The van der Waals surface area contributed by atoms with E-state index in [2.05, 4.69) is 9.88 Å². The van der Waals surface area contributed by atoms with Gasteiger partial charge in [-0.15, -0.1) is 0 Å². The number of sulfone groups is 1. The maximum Gasteiger partial charge on any atom is 0.151 e. The lowest BCUT2D eigenvalue weighted by molar-refractivity contribution is 0.0395. The summed E-state index contributed by atoms with van der Waals surface area (Å²) >= 11 is 0. The fraction of sp³-hybridized carbons (Fsp3) is 0.353. The number of hydrogen-bond acceptors (Lipinski definition) is 5. The summed E-state index contributed by atoms with van der Waals surface area (Å²) in [6.07, 6.45) is 2.66. The molecule has 0 aliphatic carbocycles. The zero-order valence-electron chi connectivity index (χ0n) is 13.4. The molecule has 128 valence electrons. The van der Waals surface area contributed by atoms with Crippen LogP contribution in [-0.2, 0) is 20.3 Å². The first-order chi connectivity index (χ1) is 11.4. The molecule has 3 rings (SSSR count). The molecule has 1 aliphatic rings. The minimum atomic E-state index is -3.07. The number of aromatic nitrogens is 1. The summed E-state index contributed by atoms with van der Waals surface area (Å²) in [7, 11) is -3.07. The van der Waals surface area contributed by atoms with Gasteiger partial charge in [-0.2, -0.15) is 0 Å². The van der Waals surface area contributed by atoms with Gasteiger partial charge in [0, 0.05) is 25.5 Å². The Morgan fingerprint density at radius 1 is 1.25 bits per heavy atom. The van der Waals surface area contributed by atoms with Gasteiger partial charge in [-0.3, -0.25) is 0 Å². The van der Waals surface area contributed by atoms with Crippen molar-refractivity contribution in [2.24, 2.45) is 0 Å². The quantitative estimate of drug-likeness (QED) is 0.847. The SMILES string of the molecule is CS(=O)(=O)Cc1ccc(N2CCO[C@@H](c3ccc(F)cc3)C2)nc1. The number of halogens is 1. The van der Waals surface area contributed by atoms with Crippen LogP contribution in [0.5, 0.6) is 0 Å². The van der Waals surface area contributed by atoms with Crippen LogP contribution in [0.15, 0.2) is 42.6 Å². The topological polar surface area (TPSA) is 59.5 Å². The molecule has 1 aromatic carbocycles. The van der Waals surface area contributed by atoms with Crippen molar-refractivity contribution in [3.05, 3.63) is 59.5 Å². The van der Waals surface area contributed by atoms with Gasteiger partial charge in [0.2, 0.25) is 0 Å². The van der Waals surface area contributed by atoms with Gasteiger partial charge in [0.05, 0.1) is 12.4 Å². The molecule has 7 heteroatoms. The second-order valence-corrected chi connectivity index (χ2v) is 8.09. The second-order valence-electron chi connectivity index (χ2n) is 5.95. The Hall–Kier alpha value is -1.99. The summed E-state index contributed by atoms with van der Waals surface area (Å²) in [6.45, 7) is 1.87. The van der Waals surface area contributed by atoms with Crippen LogP contribution < -0.4 is 4.90 Å². The van der Waals surface area contributed by atoms with Gasteiger partial charge in [0.25, 0.3) is 0 Å². The molecule has 5 nitrogen and oxygen atoms in total. The third kappa shape index (κ3) is 4.30. The molecule has 0 amide bonds. The Kier molecular flexibility index (Phi) is 4.82. The summed E-state index contributed by atoms with van der Waals surface area (Å²) in [5, 5.41) is 0. The van der Waals surface area contributed by atoms with E-state index >= 15 is 0 Å². The van der Waals surface area contributed by atoms with Crippen LogP contribution in [0.3, 0.4) is 0 Å². The highest BCUT2D eigenvalue weighted by atomic mass is 32.2. The van der Waals surface area contributed by atoms with Crippen LogP contribution in [0.25, 0.3) is 0 Å². The van der Waals surface area contributed by atoms with Crippen molar-refractivity contribution in [2.75, 3.05) is 30.9 Å². The third-order valence-corrected chi connectivity index (χ3v) is 4.73. The number of ether oxygens (including phenoxy) is 1. The van der Waals surface area contributed by atoms with Crippen LogP contribution in [0.4, 0.5) is 10.2 Å². The van der Waals surface area contributed by atoms with Crippen molar-refractivity contribution in [1.29, 1.82) is 0 Å². The predicted molar refractivity (Wildman–Crippen MR) is 90.1 cm³/mol. The number of benzene rings is 1. The number of rotatable bonds is 4. The standard InChI is InChI=1S/C17H19FN2O3S/c1-24(21,22)12-13-2-7-17(19-10-13)20-8-9-23-16(11-20)14-3-5-15(18)6-4-14/h2-7,10,16H,8-9,11-12H2,1H3/t16-/m1/s1. The minimum Gasteiger partial charge on any atom is -0.370 e. The van der Waals surface area contributed by atoms with Crippen LogP contribution >= 0.6 is 0 Å². The van der Waals surface area contributed by atoms with Crippen molar-refractivity contribution in [3.63, 3.8) is 0 Å². The third-order valence-electron chi connectivity index (χ3n) is 3.87.